The molecule has 1 amide bonds. The van der Waals surface area contributed by atoms with Crippen LogP contribution in [0.3, 0.4) is 0 Å². The third kappa shape index (κ3) is 2.19. The lowest BCUT2D eigenvalue weighted by Gasteiger charge is -2.17. The minimum absolute atomic E-state index is 0.0422. The summed E-state index contributed by atoms with van der Waals surface area (Å²) in [4.78, 5) is 13.4. The zero-order valence-electron chi connectivity index (χ0n) is 6.85. The third-order valence-corrected chi connectivity index (χ3v) is 3.08. The lowest BCUT2D eigenvalue weighted by molar-refractivity contribution is -0.129. The van der Waals surface area contributed by atoms with Gasteiger partial charge in [-0.1, -0.05) is 22.9 Å². The van der Waals surface area contributed by atoms with Crippen molar-refractivity contribution in [3.63, 3.8) is 0 Å². The monoisotopic (exact) mass is 219 g/mol. The molecule has 64 valence electrons. The Hall–Kier alpha value is -0.0500. The van der Waals surface area contributed by atoms with E-state index in [9.17, 15) is 4.79 Å². The molecule has 1 rings (SSSR count). The minimum Gasteiger partial charge on any atom is -0.342 e. The van der Waals surface area contributed by atoms with Crippen molar-refractivity contribution in [3.05, 3.63) is 0 Å². The quantitative estimate of drug-likeness (QED) is 0.649. The molecule has 0 N–H and O–H groups in total. The fraction of sp³-hybridized carbons (Fsp3) is 0.875. The van der Waals surface area contributed by atoms with Crippen molar-refractivity contribution in [2.75, 3.05) is 13.1 Å². The van der Waals surface area contributed by atoms with E-state index < -0.39 is 0 Å². The number of amides is 1. The molecule has 0 bridgehead atoms. The molecule has 1 fully saturated rings. The predicted molar refractivity (Wildman–Crippen MR) is 48.8 cm³/mol. The van der Waals surface area contributed by atoms with Crippen LogP contribution in [0.5, 0.6) is 0 Å². The van der Waals surface area contributed by atoms with Gasteiger partial charge in [-0.05, 0) is 19.3 Å². The largest absolute Gasteiger partial charge is 0.342 e. The van der Waals surface area contributed by atoms with E-state index in [4.69, 9.17) is 0 Å². The van der Waals surface area contributed by atoms with Crippen molar-refractivity contribution < 1.29 is 4.79 Å². The molecule has 0 aliphatic carbocycles. The summed E-state index contributed by atoms with van der Waals surface area (Å²) in [6.45, 7) is 3.94. The van der Waals surface area contributed by atoms with Crippen LogP contribution < -0.4 is 0 Å². The van der Waals surface area contributed by atoms with Gasteiger partial charge < -0.3 is 4.90 Å². The van der Waals surface area contributed by atoms with Crippen molar-refractivity contribution >= 4 is 21.8 Å². The normalized spacial score (nSPS) is 20.4. The van der Waals surface area contributed by atoms with Crippen molar-refractivity contribution in [3.8, 4) is 0 Å². The summed E-state index contributed by atoms with van der Waals surface area (Å²) in [6, 6.07) is 0. The molecule has 0 aromatic carbocycles. The average Bonchev–Trinajstić information content (AvgIpc) is 2.53. The fourth-order valence-corrected chi connectivity index (χ4v) is 1.60. The fourth-order valence-electron chi connectivity index (χ4n) is 1.31. The van der Waals surface area contributed by atoms with E-state index in [1.807, 2.05) is 11.8 Å². The Balaban J connectivity index is 2.39. The van der Waals surface area contributed by atoms with Crippen LogP contribution in [0.4, 0.5) is 0 Å². The van der Waals surface area contributed by atoms with Gasteiger partial charge in [0.15, 0.2) is 0 Å². The molecule has 0 spiro atoms. The van der Waals surface area contributed by atoms with Crippen LogP contribution in [0.15, 0.2) is 0 Å². The lowest BCUT2D eigenvalue weighted by Crippen LogP contribution is -2.33. The molecule has 1 aliphatic rings. The topological polar surface area (TPSA) is 20.3 Å². The van der Waals surface area contributed by atoms with Gasteiger partial charge in [0, 0.05) is 13.1 Å². The van der Waals surface area contributed by atoms with Crippen LogP contribution in [0.25, 0.3) is 0 Å². The zero-order valence-corrected chi connectivity index (χ0v) is 8.43. The van der Waals surface area contributed by atoms with Crippen LogP contribution in [0, 0.1) is 0 Å². The third-order valence-electron chi connectivity index (χ3n) is 2.04. The van der Waals surface area contributed by atoms with Crippen LogP contribution in [-0.4, -0.2) is 28.7 Å². The second-order valence-electron chi connectivity index (χ2n) is 2.91. The Morgan fingerprint density at radius 1 is 1.55 bits per heavy atom. The Kier molecular flexibility index (Phi) is 3.37. The Morgan fingerprint density at radius 2 is 2.09 bits per heavy atom. The first-order valence-corrected chi connectivity index (χ1v) is 5.10. The number of nitrogens with zero attached hydrogens (tertiary/aromatic N) is 1. The van der Waals surface area contributed by atoms with Gasteiger partial charge in [0.25, 0.3) is 0 Å². The van der Waals surface area contributed by atoms with Crippen LogP contribution in [0.1, 0.15) is 26.2 Å². The number of alkyl halides is 1. The second-order valence-corrected chi connectivity index (χ2v) is 4.01. The second kappa shape index (κ2) is 4.10. The number of halogens is 1. The predicted octanol–water partition coefficient (Wildman–Crippen LogP) is 1.78. The molecule has 0 aromatic rings. The van der Waals surface area contributed by atoms with Crippen molar-refractivity contribution in [2.45, 2.75) is 31.0 Å². The highest BCUT2D eigenvalue weighted by Gasteiger charge is 2.22. The SMILES string of the molecule is CC[C@H](Br)C(=O)N1CCCC1. The number of likely N-dealkylation sites (tertiary alicyclic amines) is 1. The maximum Gasteiger partial charge on any atom is 0.236 e. The molecule has 0 unspecified atom stereocenters. The van der Waals surface area contributed by atoms with Gasteiger partial charge in [-0.2, -0.15) is 0 Å². The number of hydrogen-bond acceptors (Lipinski definition) is 1. The first kappa shape index (κ1) is 9.04. The maximum atomic E-state index is 11.5. The minimum atomic E-state index is 0.0422. The van der Waals surface area contributed by atoms with E-state index in [-0.39, 0.29) is 10.7 Å². The molecule has 1 heterocycles. The Morgan fingerprint density at radius 3 is 2.55 bits per heavy atom. The molecular weight excluding hydrogens is 206 g/mol. The molecular formula is C8H14BrNO. The molecule has 1 aliphatic heterocycles. The van der Waals surface area contributed by atoms with Gasteiger partial charge in [-0.3, -0.25) is 4.79 Å². The molecule has 2 nitrogen and oxygen atoms in total. The van der Waals surface area contributed by atoms with Crippen molar-refractivity contribution in [2.24, 2.45) is 0 Å². The highest BCUT2D eigenvalue weighted by atomic mass is 79.9. The standard InChI is InChI=1S/C8H14BrNO/c1-2-7(9)8(11)10-5-3-4-6-10/h7H,2-6H2,1H3/t7-/m0/s1. The number of carbonyl (C=O) groups is 1. The Bertz CT molecular complexity index is 143. The van der Waals surface area contributed by atoms with E-state index in [0.717, 1.165) is 19.5 Å². The van der Waals surface area contributed by atoms with E-state index in [2.05, 4.69) is 15.9 Å². The average molecular weight is 220 g/mol. The molecule has 11 heavy (non-hydrogen) atoms. The summed E-state index contributed by atoms with van der Waals surface area (Å²) in [5.41, 5.74) is 0. The summed E-state index contributed by atoms with van der Waals surface area (Å²) in [5.74, 6) is 0.269. The Labute approximate surface area is 76.1 Å². The zero-order chi connectivity index (χ0) is 8.27. The van der Waals surface area contributed by atoms with Gasteiger partial charge in [-0.15, -0.1) is 0 Å². The van der Waals surface area contributed by atoms with Crippen LogP contribution >= 0.6 is 15.9 Å². The first-order valence-electron chi connectivity index (χ1n) is 4.18. The first-order chi connectivity index (χ1) is 5.25. The smallest absolute Gasteiger partial charge is 0.236 e. The number of carbonyl (C=O) groups excluding carboxylic acids is 1. The highest BCUT2D eigenvalue weighted by Crippen LogP contribution is 2.14. The molecule has 0 saturated carbocycles. The summed E-state index contributed by atoms with van der Waals surface area (Å²) < 4.78 is 0. The lowest BCUT2D eigenvalue weighted by atomic mass is 10.3. The number of rotatable bonds is 2. The molecule has 1 atom stereocenters. The highest BCUT2D eigenvalue weighted by molar-refractivity contribution is 9.10. The molecule has 0 radical (unpaired) electrons. The molecule has 3 heteroatoms. The summed E-state index contributed by atoms with van der Waals surface area (Å²) >= 11 is 3.36. The van der Waals surface area contributed by atoms with Crippen LogP contribution in [0.2, 0.25) is 0 Å². The van der Waals surface area contributed by atoms with Gasteiger partial charge in [-0.25, -0.2) is 0 Å². The van der Waals surface area contributed by atoms with Crippen molar-refractivity contribution in [1.29, 1.82) is 0 Å². The van der Waals surface area contributed by atoms with E-state index in [1.54, 1.807) is 0 Å². The van der Waals surface area contributed by atoms with Gasteiger partial charge in [0.2, 0.25) is 5.91 Å². The van der Waals surface area contributed by atoms with Gasteiger partial charge >= 0.3 is 0 Å². The van der Waals surface area contributed by atoms with E-state index in [1.165, 1.54) is 12.8 Å². The van der Waals surface area contributed by atoms with E-state index in [0.29, 0.717) is 0 Å². The molecule has 1 saturated heterocycles. The van der Waals surface area contributed by atoms with Crippen molar-refractivity contribution in [1.82, 2.24) is 4.90 Å². The van der Waals surface area contributed by atoms with Crippen LogP contribution in [-0.2, 0) is 4.79 Å². The summed E-state index contributed by atoms with van der Waals surface area (Å²) in [5, 5.41) is 0. The maximum absolute atomic E-state index is 11.5. The van der Waals surface area contributed by atoms with E-state index >= 15 is 0 Å². The molecule has 0 aromatic heterocycles. The van der Waals surface area contributed by atoms with Gasteiger partial charge in [0.1, 0.15) is 0 Å². The summed E-state index contributed by atoms with van der Waals surface area (Å²) in [7, 11) is 0. The van der Waals surface area contributed by atoms with Gasteiger partial charge in [0.05, 0.1) is 4.83 Å². The summed E-state index contributed by atoms with van der Waals surface area (Å²) in [6.07, 6.45) is 3.24. The number of hydrogen-bond donors (Lipinski definition) is 0.